The Morgan fingerprint density at radius 1 is 0.565 bits per heavy atom. The number of aryl methyl sites for hydroxylation is 3. The lowest BCUT2D eigenvalue weighted by atomic mass is 9.35. The molecule has 5 aromatic rings. The zero-order valence-electron chi connectivity index (χ0n) is 28.5. The average molecular weight is 639 g/mol. The Morgan fingerprint density at radius 3 is 1.33 bits per heavy atom. The van der Waals surface area contributed by atoms with Crippen molar-refractivity contribution in [3.8, 4) is 0 Å². The van der Waals surface area contributed by atoms with Gasteiger partial charge in [-0.05, 0) is 91.3 Å². The first-order valence-electron chi connectivity index (χ1n) is 16.1. The van der Waals surface area contributed by atoms with Crippen LogP contribution in [0.4, 0.5) is 11.4 Å². The molecule has 1 aliphatic heterocycles. The molecule has 0 unspecified atom stereocenters. The number of thiophene rings is 2. The Labute approximate surface area is 283 Å². The molecule has 6 rings (SSSR count). The van der Waals surface area contributed by atoms with Gasteiger partial charge >= 0.3 is 0 Å². The fourth-order valence-electron chi connectivity index (χ4n) is 6.37. The fourth-order valence-corrected chi connectivity index (χ4v) is 8.32. The molecule has 0 saturated carbocycles. The largest absolute Gasteiger partial charge is 0.255 e. The summed E-state index contributed by atoms with van der Waals surface area (Å²) in [6, 6.07) is 26.6. The Morgan fingerprint density at radius 2 is 0.957 bits per heavy atom. The molecule has 2 aromatic heterocycles. The maximum Gasteiger partial charge on any atom is 0.245 e. The maximum absolute atomic E-state index is 4.88. The van der Waals surface area contributed by atoms with Crippen LogP contribution in [0, 0.1) is 20.8 Å². The summed E-state index contributed by atoms with van der Waals surface area (Å²) in [7, 11) is 0. The molecule has 0 spiro atoms. The Hall–Kier alpha value is -3.80. The van der Waals surface area contributed by atoms with E-state index in [0.29, 0.717) is 0 Å². The van der Waals surface area contributed by atoms with Crippen molar-refractivity contribution >= 4 is 81.7 Å². The first-order valence-corrected chi connectivity index (χ1v) is 17.7. The van der Waals surface area contributed by atoms with Crippen LogP contribution >= 0.6 is 22.7 Å². The van der Waals surface area contributed by atoms with Crippen LogP contribution in [0.1, 0.15) is 88.9 Å². The third-order valence-electron chi connectivity index (χ3n) is 8.80. The second-order valence-electron chi connectivity index (χ2n) is 14.6. The minimum atomic E-state index is 0.130. The molecule has 0 fully saturated rings. The van der Waals surface area contributed by atoms with Crippen molar-refractivity contribution in [2.24, 2.45) is 9.98 Å². The maximum atomic E-state index is 4.88. The van der Waals surface area contributed by atoms with E-state index in [1.54, 1.807) is 0 Å². The van der Waals surface area contributed by atoms with Gasteiger partial charge in [-0.2, -0.15) is 0 Å². The van der Waals surface area contributed by atoms with E-state index in [1.165, 1.54) is 63.7 Å². The predicted molar refractivity (Wildman–Crippen MR) is 208 cm³/mol. The number of hydrogen-bond donors (Lipinski definition) is 0. The lowest BCUT2D eigenvalue weighted by Gasteiger charge is -2.19. The molecule has 232 valence electrons. The zero-order valence-corrected chi connectivity index (χ0v) is 30.2. The van der Waals surface area contributed by atoms with E-state index in [4.69, 9.17) is 9.98 Å². The molecule has 3 heterocycles. The minimum absolute atomic E-state index is 0.130. The molecule has 5 heteroatoms. The molecule has 46 heavy (non-hydrogen) atoms. The number of fused-ring (bicyclic) bond motifs is 2. The van der Waals surface area contributed by atoms with Crippen molar-refractivity contribution < 1.29 is 0 Å². The summed E-state index contributed by atoms with van der Waals surface area (Å²) in [6.07, 6.45) is 8.66. The van der Waals surface area contributed by atoms with Crippen molar-refractivity contribution in [2.45, 2.75) is 73.1 Å². The van der Waals surface area contributed by atoms with Gasteiger partial charge in [-0.15, -0.1) is 22.7 Å². The second kappa shape index (κ2) is 12.4. The highest BCUT2D eigenvalue weighted by Crippen LogP contribution is 2.28. The van der Waals surface area contributed by atoms with Gasteiger partial charge in [0.1, 0.15) is 0 Å². The van der Waals surface area contributed by atoms with Crippen molar-refractivity contribution in [3.63, 3.8) is 0 Å². The highest BCUT2D eigenvalue weighted by Gasteiger charge is 2.32. The highest BCUT2D eigenvalue weighted by molar-refractivity contribution is 7.20. The van der Waals surface area contributed by atoms with E-state index >= 15 is 0 Å². The van der Waals surface area contributed by atoms with Crippen molar-refractivity contribution in [3.05, 3.63) is 120 Å². The van der Waals surface area contributed by atoms with Gasteiger partial charge in [0.15, 0.2) is 0 Å². The van der Waals surface area contributed by atoms with Crippen LogP contribution in [-0.2, 0) is 10.8 Å². The third-order valence-corrected chi connectivity index (χ3v) is 10.9. The van der Waals surface area contributed by atoms with Gasteiger partial charge < -0.3 is 0 Å². The Balaban J connectivity index is 1.37. The van der Waals surface area contributed by atoms with Crippen LogP contribution < -0.4 is 16.4 Å². The number of rotatable bonds is 5. The fraction of sp³-hybridized carbons (Fsp3) is 0.268. The number of nitrogens with zero attached hydrogens (tertiary/aromatic N) is 2. The van der Waals surface area contributed by atoms with Gasteiger partial charge in [0.05, 0.1) is 11.4 Å². The normalized spacial score (nSPS) is 13.5. The topological polar surface area (TPSA) is 24.7 Å². The van der Waals surface area contributed by atoms with Crippen LogP contribution in [-0.4, -0.2) is 19.1 Å². The van der Waals surface area contributed by atoms with Gasteiger partial charge in [-0.25, -0.2) is 0 Å². The van der Waals surface area contributed by atoms with Crippen LogP contribution in [0.5, 0.6) is 0 Å². The van der Waals surface area contributed by atoms with E-state index in [0.717, 1.165) is 11.4 Å². The quantitative estimate of drug-likeness (QED) is 0.133. The van der Waals surface area contributed by atoms with E-state index in [2.05, 4.69) is 147 Å². The third kappa shape index (κ3) is 6.82. The summed E-state index contributed by atoms with van der Waals surface area (Å²) in [4.78, 5) is 14.7. The van der Waals surface area contributed by atoms with Gasteiger partial charge in [-0.3, -0.25) is 9.98 Å². The second-order valence-corrected chi connectivity index (χ2v) is 16.9. The van der Waals surface area contributed by atoms with Gasteiger partial charge in [-0.1, -0.05) is 111 Å². The van der Waals surface area contributed by atoms with Crippen LogP contribution in [0.25, 0.3) is 12.2 Å². The van der Waals surface area contributed by atoms with E-state index < -0.39 is 0 Å². The first kappa shape index (κ1) is 32.2. The first-order chi connectivity index (χ1) is 21.8. The molecule has 1 aliphatic rings. The Kier molecular flexibility index (Phi) is 8.69. The molecular formula is C41H43BN2S2. The van der Waals surface area contributed by atoms with Crippen LogP contribution in [0.15, 0.2) is 82.8 Å². The number of hydrogen-bond acceptors (Lipinski definition) is 4. The summed E-state index contributed by atoms with van der Waals surface area (Å²) >= 11 is 3.64. The van der Waals surface area contributed by atoms with Gasteiger partial charge in [0.2, 0.25) is 6.71 Å². The average Bonchev–Trinajstić information content (AvgIpc) is 3.56. The molecular weight excluding hydrogens is 595 g/mol. The summed E-state index contributed by atoms with van der Waals surface area (Å²) in [5.41, 5.74) is 12.9. The highest BCUT2D eigenvalue weighted by atomic mass is 32.1. The molecule has 0 saturated heterocycles. The summed E-state index contributed by atoms with van der Waals surface area (Å²) in [6.45, 7) is 20.3. The Bertz CT molecular complexity index is 1830. The molecule has 0 radical (unpaired) electrons. The standard InChI is InChI=1S/C41H43BN2S2/c1-26-20-27(2)39(28(3)21-26)42-35-22-33(24-43-31-14-10-29(11-15-31)40(4,5)6)45-37(35)18-19-38-36(42)23-34(46-38)25-44-32-16-12-30(13-17-32)41(7,8)9/h10-25H,1-9H3. The molecule has 3 aromatic carbocycles. The molecule has 0 amide bonds. The summed E-state index contributed by atoms with van der Waals surface area (Å²) in [5, 5.41) is 0. The molecule has 0 bridgehead atoms. The van der Waals surface area contributed by atoms with Crippen LogP contribution in [0.2, 0.25) is 0 Å². The monoisotopic (exact) mass is 638 g/mol. The number of aliphatic imine (C=N–C) groups is 2. The van der Waals surface area contributed by atoms with Crippen LogP contribution in [0.3, 0.4) is 0 Å². The number of benzene rings is 3. The smallest absolute Gasteiger partial charge is 0.245 e. The molecule has 0 atom stereocenters. The molecule has 2 nitrogen and oxygen atoms in total. The molecule has 0 N–H and O–H groups in total. The lowest BCUT2D eigenvalue weighted by molar-refractivity contribution is 0.590. The van der Waals surface area contributed by atoms with Gasteiger partial charge in [0.25, 0.3) is 0 Å². The lowest BCUT2D eigenvalue weighted by Crippen LogP contribution is -2.54. The van der Waals surface area contributed by atoms with Gasteiger partial charge in [0, 0.05) is 31.9 Å². The van der Waals surface area contributed by atoms with Crippen molar-refractivity contribution in [1.29, 1.82) is 0 Å². The predicted octanol–water partition coefficient (Wildman–Crippen LogP) is 9.83. The van der Waals surface area contributed by atoms with E-state index in [1.807, 2.05) is 35.1 Å². The summed E-state index contributed by atoms with van der Waals surface area (Å²) in [5.74, 6) is 0. The minimum Gasteiger partial charge on any atom is -0.255 e. The van der Waals surface area contributed by atoms with E-state index in [9.17, 15) is 0 Å². The van der Waals surface area contributed by atoms with Crippen molar-refractivity contribution in [2.75, 3.05) is 0 Å². The van der Waals surface area contributed by atoms with Crippen molar-refractivity contribution in [1.82, 2.24) is 0 Å². The zero-order chi connectivity index (χ0) is 32.8. The summed E-state index contributed by atoms with van der Waals surface area (Å²) < 4.78 is 0. The van der Waals surface area contributed by atoms with E-state index in [-0.39, 0.29) is 17.5 Å². The molecule has 0 aliphatic carbocycles. The SMILES string of the molecule is Cc1cc(C)c(B2c3cc(C=Nc4ccc(C(C)(C)C)cc4)sc3C=Cc3sc(C=Nc4ccc(C(C)(C)C)cc4)cc32)c(C)c1.